The van der Waals surface area contributed by atoms with E-state index in [9.17, 15) is 4.79 Å². The van der Waals surface area contributed by atoms with Crippen molar-refractivity contribution in [3.8, 4) is 0 Å². The molecule has 54 heavy (non-hydrogen) atoms. The van der Waals surface area contributed by atoms with E-state index in [-0.39, 0.29) is 0 Å². The molecule has 0 bridgehead atoms. The molecule has 1 unspecified atom stereocenters. The first-order valence-electron chi connectivity index (χ1n) is 19.2. The van der Waals surface area contributed by atoms with Gasteiger partial charge in [0.15, 0.2) is 5.60 Å². The maximum Gasteiger partial charge on any atom is 0.325 e. The molecule has 7 rings (SSSR count). The van der Waals surface area contributed by atoms with Crippen molar-refractivity contribution in [2.45, 2.75) is 67.3 Å². The molecule has 0 saturated heterocycles. The first-order chi connectivity index (χ1) is 26.5. The summed E-state index contributed by atoms with van der Waals surface area (Å²) in [5.74, 6) is 0.322. The van der Waals surface area contributed by atoms with Crippen molar-refractivity contribution >= 4 is 29.3 Å². The highest BCUT2D eigenvalue weighted by molar-refractivity contribution is 8.00. The Morgan fingerprint density at radius 2 is 1.02 bits per heavy atom. The number of hydrogen-bond donors (Lipinski definition) is 1. The van der Waals surface area contributed by atoms with Gasteiger partial charge in [0, 0.05) is 27.5 Å². The zero-order chi connectivity index (χ0) is 37.2. The number of esters is 1. The highest BCUT2D eigenvalue weighted by atomic mass is 35.5. The molecule has 0 aromatic heterocycles. The summed E-state index contributed by atoms with van der Waals surface area (Å²) in [6, 6.07) is 56.7. The van der Waals surface area contributed by atoms with Crippen LogP contribution in [0.1, 0.15) is 89.8 Å². The van der Waals surface area contributed by atoms with Crippen LogP contribution in [-0.2, 0) is 19.9 Å². The highest BCUT2D eigenvalue weighted by Gasteiger charge is 2.44. The molecule has 1 aliphatic carbocycles. The average Bonchev–Trinajstić information content (AvgIpc) is 3.22. The third-order valence-electron chi connectivity index (χ3n) is 10.9. The van der Waals surface area contributed by atoms with Gasteiger partial charge in [0.25, 0.3) is 0 Å². The van der Waals surface area contributed by atoms with Crippen molar-refractivity contribution in [2.75, 3.05) is 5.75 Å². The number of nitrogens with two attached hydrogens (primary N) is 1. The summed E-state index contributed by atoms with van der Waals surface area (Å²) < 4.78 is 6.25. The standard InChI is InChI=1S/C49H48ClNO2S/c50-45-31-19-18-30-44(45)48(39-22-10-4-11-23-39,40-34-32-38(33-35-40)37-20-8-2-1-3-9-21-37)53-47(52)46(51)36-54-49(41-24-12-5-13-25-41,42-26-14-6-15-27-42)43-28-16-7-17-29-43/h4-7,10-19,22-35,37,46H,1-3,8-9,20-21,36,51H2/t46-,48?/m1/s1. The van der Waals surface area contributed by atoms with Gasteiger partial charge in [0.2, 0.25) is 0 Å². The monoisotopic (exact) mass is 749 g/mol. The molecule has 0 aliphatic heterocycles. The van der Waals surface area contributed by atoms with E-state index in [4.69, 9.17) is 22.1 Å². The molecule has 274 valence electrons. The summed E-state index contributed by atoms with van der Waals surface area (Å²) in [5, 5.41) is 0.512. The smallest absolute Gasteiger partial charge is 0.325 e. The molecule has 1 aliphatic rings. The predicted molar refractivity (Wildman–Crippen MR) is 225 cm³/mol. The van der Waals surface area contributed by atoms with Gasteiger partial charge in [0.1, 0.15) is 6.04 Å². The second-order valence-electron chi connectivity index (χ2n) is 14.3. The third-order valence-corrected chi connectivity index (χ3v) is 12.9. The van der Waals surface area contributed by atoms with Gasteiger partial charge in [-0.2, -0.15) is 0 Å². The van der Waals surface area contributed by atoms with Gasteiger partial charge in [-0.05, 0) is 47.1 Å². The van der Waals surface area contributed by atoms with Crippen molar-refractivity contribution < 1.29 is 9.53 Å². The van der Waals surface area contributed by atoms with Crippen molar-refractivity contribution in [3.63, 3.8) is 0 Å². The summed E-state index contributed by atoms with van der Waals surface area (Å²) in [4.78, 5) is 14.7. The fraction of sp³-hybridized carbons (Fsp3) is 0.245. The minimum absolute atomic E-state index is 0.297. The number of carbonyl (C=O) groups is 1. The fourth-order valence-corrected chi connectivity index (χ4v) is 9.87. The van der Waals surface area contributed by atoms with Crippen LogP contribution in [0.25, 0.3) is 0 Å². The molecule has 0 spiro atoms. The van der Waals surface area contributed by atoms with Gasteiger partial charge in [0.05, 0.1) is 4.75 Å². The summed E-state index contributed by atoms with van der Waals surface area (Å²) in [6.45, 7) is 0. The molecule has 0 amide bonds. The van der Waals surface area contributed by atoms with E-state index in [0.717, 1.165) is 27.8 Å². The summed E-state index contributed by atoms with van der Waals surface area (Å²) in [6.07, 6.45) is 8.85. The number of hydrogen-bond acceptors (Lipinski definition) is 4. The first-order valence-corrected chi connectivity index (χ1v) is 20.6. The van der Waals surface area contributed by atoms with Crippen LogP contribution in [0.4, 0.5) is 0 Å². The fourth-order valence-electron chi connectivity index (χ4n) is 8.13. The van der Waals surface area contributed by atoms with Crippen LogP contribution in [-0.4, -0.2) is 17.8 Å². The summed E-state index contributed by atoms with van der Waals surface area (Å²) in [5.41, 5.74) is 12.6. The summed E-state index contributed by atoms with van der Waals surface area (Å²) in [7, 11) is 0. The SMILES string of the molecule is N[C@H](CSC(c1ccccc1)(c1ccccc1)c1ccccc1)C(=O)OC(c1ccccc1)(c1ccc(C2CCCCCCC2)cc1)c1ccccc1Cl. The van der Waals surface area contributed by atoms with E-state index in [0.29, 0.717) is 22.3 Å². The Hall–Kier alpha value is -4.61. The predicted octanol–water partition coefficient (Wildman–Crippen LogP) is 12.1. The van der Waals surface area contributed by atoms with Crippen LogP contribution < -0.4 is 5.73 Å². The number of ether oxygens (including phenoxy) is 1. The number of halogens is 1. The lowest BCUT2D eigenvalue weighted by atomic mass is 9.78. The third kappa shape index (κ3) is 7.93. The molecule has 1 fully saturated rings. The van der Waals surface area contributed by atoms with Crippen LogP contribution in [0.15, 0.2) is 170 Å². The van der Waals surface area contributed by atoms with Crippen LogP contribution >= 0.6 is 23.4 Å². The lowest BCUT2D eigenvalue weighted by Crippen LogP contribution is -2.43. The second-order valence-corrected chi connectivity index (χ2v) is 16.0. The molecule has 0 radical (unpaired) electrons. The number of benzene rings is 6. The first kappa shape index (κ1) is 37.7. The normalized spacial score (nSPS) is 15.7. The van der Waals surface area contributed by atoms with Crippen molar-refractivity contribution in [2.24, 2.45) is 5.73 Å². The van der Waals surface area contributed by atoms with Gasteiger partial charge in [-0.15, -0.1) is 11.8 Å². The lowest BCUT2D eigenvalue weighted by molar-refractivity contribution is -0.154. The second kappa shape index (κ2) is 17.7. The van der Waals surface area contributed by atoms with E-state index in [1.165, 1.54) is 50.5 Å². The lowest BCUT2D eigenvalue weighted by Gasteiger charge is -2.38. The maximum absolute atomic E-state index is 14.7. The molecule has 3 nitrogen and oxygen atoms in total. The zero-order valence-corrected chi connectivity index (χ0v) is 32.2. The highest BCUT2D eigenvalue weighted by Crippen LogP contribution is 2.49. The zero-order valence-electron chi connectivity index (χ0n) is 30.7. The molecule has 2 atom stereocenters. The average molecular weight is 750 g/mol. The Labute approximate surface area is 329 Å². The minimum atomic E-state index is -1.34. The van der Waals surface area contributed by atoms with Gasteiger partial charge < -0.3 is 10.5 Å². The molecule has 0 heterocycles. The largest absolute Gasteiger partial charge is 0.443 e. The van der Waals surface area contributed by atoms with Crippen LogP contribution in [0.5, 0.6) is 0 Å². The Morgan fingerprint density at radius 1 is 0.593 bits per heavy atom. The van der Waals surface area contributed by atoms with Gasteiger partial charge in [-0.25, -0.2) is 0 Å². The van der Waals surface area contributed by atoms with E-state index in [1.807, 2.05) is 72.8 Å². The van der Waals surface area contributed by atoms with Crippen LogP contribution in [0.2, 0.25) is 5.02 Å². The van der Waals surface area contributed by atoms with Gasteiger partial charge in [-0.3, -0.25) is 4.79 Å². The van der Waals surface area contributed by atoms with E-state index in [1.54, 1.807) is 11.8 Å². The molecule has 6 aromatic carbocycles. The van der Waals surface area contributed by atoms with Gasteiger partial charge in [-0.1, -0.05) is 207 Å². The van der Waals surface area contributed by atoms with Crippen molar-refractivity contribution in [1.82, 2.24) is 0 Å². The Balaban J connectivity index is 1.27. The van der Waals surface area contributed by atoms with Crippen molar-refractivity contribution in [3.05, 3.63) is 214 Å². The van der Waals surface area contributed by atoms with Crippen molar-refractivity contribution in [1.29, 1.82) is 0 Å². The minimum Gasteiger partial charge on any atom is -0.443 e. The maximum atomic E-state index is 14.7. The molecular weight excluding hydrogens is 702 g/mol. The van der Waals surface area contributed by atoms with Crippen LogP contribution in [0.3, 0.4) is 0 Å². The Bertz CT molecular complexity index is 1970. The molecule has 2 N–H and O–H groups in total. The Morgan fingerprint density at radius 3 is 1.52 bits per heavy atom. The molecule has 1 saturated carbocycles. The van der Waals surface area contributed by atoms with Crippen LogP contribution in [0, 0.1) is 0 Å². The molecule has 6 aromatic rings. The topological polar surface area (TPSA) is 52.3 Å². The number of thioether (sulfide) groups is 1. The number of rotatable bonds is 12. The quantitative estimate of drug-likeness (QED) is 0.1000. The van der Waals surface area contributed by atoms with E-state index in [2.05, 4.69) is 97.1 Å². The van der Waals surface area contributed by atoms with Gasteiger partial charge >= 0.3 is 5.97 Å². The van der Waals surface area contributed by atoms with E-state index >= 15 is 0 Å². The molecule has 5 heteroatoms. The van der Waals surface area contributed by atoms with E-state index < -0.39 is 22.4 Å². The Kier molecular flexibility index (Phi) is 12.3. The molecular formula is C49H48ClNO2S. The number of carbonyl (C=O) groups excluding carboxylic acids is 1. The summed E-state index contributed by atoms with van der Waals surface area (Å²) >= 11 is 8.71.